The second-order valence-electron chi connectivity index (χ2n) is 4.76. The van der Waals surface area contributed by atoms with Gasteiger partial charge in [0, 0.05) is 7.11 Å². The van der Waals surface area contributed by atoms with Gasteiger partial charge in [-0.1, -0.05) is 18.2 Å². The fraction of sp³-hybridized carbons (Fsp3) is 0.125. The molecule has 0 atom stereocenters. The third kappa shape index (κ3) is 2.51. The zero-order chi connectivity index (χ0) is 14.8. The van der Waals surface area contributed by atoms with E-state index in [1.54, 1.807) is 19.2 Å². The monoisotopic (exact) mass is 282 g/mol. The molecule has 106 valence electrons. The molecule has 21 heavy (non-hydrogen) atoms. The summed E-state index contributed by atoms with van der Waals surface area (Å²) in [6, 6.07) is 11.1. The van der Waals surface area contributed by atoms with Crippen molar-refractivity contribution < 1.29 is 9.84 Å². The Kier molecular flexibility index (Phi) is 3.41. The number of methoxy groups -OCH3 is 1. The largest absolute Gasteiger partial charge is 0.506 e. The van der Waals surface area contributed by atoms with Crippen LogP contribution in [0.1, 0.15) is 5.56 Å². The summed E-state index contributed by atoms with van der Waals surface area (Å²) in [5, 5.41) is 10.4. The maximum Gasteiger partial charge on any atom is 0.258 e. The van der Waals surface area contributed by atoms with Crippen LogP contribution < -0.4 is 5.56 Å². The summed E-state index contributed by atoms with van der Waals surface area (Å²) < 4.78 is 5.12. The van der Waals surface area contributed by atoms with Gasteiger partial charge in [0.2, 0.25) is 0 Å². The smallest absolute Gasteiger partial charge is 0.258 e. The summed E-state index contributed by atoms with van der Waals surface area (Å²) in [5.41, 5.74) is 2.72. The maximum atomic E-state index is 11.9. The number of fused-ring (bicyclic) bond motifs is 1. The second kappa shape index (κ2) is 5.38. The van der Waals surface area contributed by atoms with Gasteiger partial charge in [-0.2, -0.15) is 0 Å². The number of phenols is 1. The van der Waals surface area contributed by atoms with Gasteiger partial charge >= 0.3 is 0 Å². The third-order valence-electron chi connectivity index (χ3n) is 3.30. The van der Waals surface area contributed by atoms with Crippen LogP contribution >= 0.6 is 0 Å². The van der Waals surface area contributed by atoms with E-state index in [2.05, 4.69) is 9.97 Å². The molecule has 0 saturated carbocycles. The average Bonchev–Trinajstić information content (AvgIpc) is 2.49. The van der Waals surface area contributed by atoms with Gasteiger partial charge in [-0.3, -0.25) is 4.79 Å². The van der Waals surface area contributed by atoms with Gasteiger partial charge in [0.1, 0.15) is 11.3 Å². The number of aromatic amines is 1. The predicted molar refractivity (Wildman–Crippen MR) is 80.2 cm³/mol. The lowest BCUT2D eigenvalue weighted by atomic mass is 10.0. The minimum Gasteiger partial charge on any atom is -0.506 e. The van der Waals surface area contributed by atoms with E-state index in [4.69, 9.17) is 4.74 Å². The standard InChI is InChI=1S/C16H14N2O3/c1-21-8-10-3-2-4-11(5-10)12-6-13-15(14(19)7-12)17-9-18-16(13)20/h2-7,9,19H,8H2,1H3,(H,17,18,20). The highest BCUT2D eigenvalue weighted by Gasteiger charge is 2.09. The molecule has 2 aromatic carbocycles. The zero-order valence-corrected chi connectivity index (χ0v) is 11.5. The van der Waals surface area contributed by atoms with Crippen molar-refractivity contribution in [2.45, 2.75) is 6.61 Å². The molecule has 0 bridgehead atoms. The van der Waals surface area contributed by atoms with Crippen LogP contribution in [-0.2, 0) is 11.3 Å². The van der Waals surface area contributed by atoms with Crippen molar-refractivity contribution in [1.82, 2.24) is 9.97 Å². The number of nitrogens with zero attached hydrogens (tertiary/aromatic N) is 1. The number of hydrogen-bond acceptors (Lipinski definition) is 4. The normalized spacial score (nSPS) is 10.9. The number of rotatable bonds is 3. The van der Waals surface area contributed by atoms with Crippen molar-refractivity contribution in [3.05, 3.63) is 58.6 Å². The Morgan fingerprint density at radius 2 is 2.10 bits per heavy atom. The molecule has 0 aliphatic heterocycles. The zero-order valence-electron chi connectivity index (χ0n) is 11.5. The molecule has 0 spiro atoms. The summed E-state index contributed by atoms with van der Waals surface area (Å²) in [6.45, 7) is 0.509. The molecule has 0 unspecified atom stereocenters. The van der Waals surface area contributed by atoms with Crippen LogP contribution in [0.5, 0.6) is 5.75 Å². The number of aromatic hydroxyl groups is 1. The quantitative estimate of drug-likeness (QED) is 0.773. The molecule has 0 aliphatic rings. The summed E-state index contributed by atoms with van der Waals surface area (Å²) in [4.78, 5) is 18.4. The number of hydrogen-bond donors (Lipinski definition) is 2. The molecule has 0 saturated heterocycles. The Morgan fingerprint density at radius 3 is 2.90 bits per heavy atom. The number of phenolic OH excluding ortho intramolecular Hbond substituents is 1. The lowest BCUT2D eigenvalue weighted by molar-refractivity contribution is 0.185. The summed E-state index contributed by atoms with van der Waals surface area (Å²) in [6.07, 6.45) is 1.28. The molecule has 0 aliphatic carbocycles. The van der Waals surface area contributed by atoms with Crippen molar-refractivity contribution in [2.75, 3.05) is 7.11 Å². The molecule has 0 radical (unpaired) electrons. The Hall–Kier alpha value is -2.66. The van der Waals surface area contributed by atoms with E-state index in [9.17, 15) is 9.90 Å². The molecule has 5 nitrogen and oxygen atoms in total. The van der Waals surface area contributed by atoms with Gasteiger partial charge in [-0.15, -0.1) is 0 Å². The molecule has 3 rings (SSSR count). The van der Waals surface area contributed by atoms with Crippen LogP contribution in [0.25, 0.3) is 22.0 Å². The van der Waals surface area contributed by atoms with E-state index in [0.29, 0.717) is 17.5 Å². The lowest BCUT2D eigenvalue weighted by Crippen LogP contribution is -2.06. The molecule has 2 N–H and O–H groups in total. The van der Waals surface area contributed by atoms with Gasteiger partial charge in [-0.25, -0.2) is 4.98 Å². The topological polar surface area (TPSA) is 75.2 Å². The molecule has 0 amide bonds. The van der Waals surface area contributed by atoms with Crippen molar-refractivity contribution in [3.8, 4) is 16.9 Å². The molecule has 3 aromatic rings. The first kappa shape index (κ1) is 13.3. The van der Waals surface area contributed by atoms with Crippen LogP contribution in [-0.4, -0.2) is 22.2 Å². The highest BCUT2D eigenvalue weighted by molar-refractivity contribution is 5.88. The fourth-order valence-corrected chi connectivity index (χ4v) is 2.34. The number of aromatic nitrogens is 2. The van der Waals surface area contributed by atoms with Crippen LogP contribution in [0.4, 0.5) is 0 Å². The number of nitrogens with one attached hydrogen (secondary N) is 1. The summed E-state index contributed by atoms with van der Waals surface area (Å²) >= 11 is 0. The minimum atomic E-state index is -0.273. The van der Waals surface area contributed by atoms with E-state index in [0.717, 1.165) is 16.7 Å². The molecule has 1 heterocycles. The highest BCUT2D eigenvalue weighted by atomic mass is 16.5. The van der Waals surface area contributed by atoms with E-state index in [1.165, 1.54) is 6.33 Å². The fourth-order valence-electron chi connectivity index (χ4n) is 2.34. The molecule has 5 heteroatoms. The minimum absolute atomic E-state index is 0.00857. The van der Waals surface area contributed by atoms with Crippen LogP contribution in [0.3, 0.4) is 0 Å². The van der Waals surface area contributed by atoms with Gasteiger partial charge in [-0.05, 0) is 34.9 Å². The van der Waals surface area contributed by atoms with Crippen molar-refractivity contribution in [2.24, 2.45) is 0 Å². The van der Waals surface area contributed by atoms with Gasteiger partial charge in [0.15, 0.2) is 0 Å². The van der Waals surface area contributed by atoms with Crippen LogP contribution in [0.2, 0.25) is 0 Å². The van der Waals surface area contributed by atoms with Crippen molar-refractivity contribution >= 4 is 10.9 Å². The average molecular weight is 282 g/mol. The van der Waals surface area contributed by atoms with E-state index in [1.807, 2.05) is 24.3 Å². The van der Waals surface area contributed by atoms with Gasteiger partial charge in [0.05, 0.1) is 18.3 Å². The Labute approximate surface area is 120 Å². The molecular weight excluding hydrogens is 268 g/mol. The van der Waals surface area contributed by atoms with E-state index < -0.39 is 0 Å². The molecule has 0 fully saturated rings. The van der Waals surface area contributed by atoms with Gasteiger partial charge in [0.25, 0.3) is 5.56 Å². The number of H-pyrrole nitrogens is 1. The van der Waals surface area contributed by atoms with Crippen LogP contribution in [0, 0.1) is 0 Å². The number of ether oxygens (including phenoxy) is 1. The Bertz CT molecular complexity index is 856. The first-order chi connectivity index (χ1) is 10.2. The number of benzene rings is 2. The lowest BCUT2D eigenvalue weighted by Gasteiger charge is -2.07. The molecule has 1 aromatic heterocycles. The summed E-state index contributed by atoms with van der Waals surface area (Å²) in [5.74, 6) is -0.00857. The first-order valence-electron chi connectivity index (χ1n) is 6.47. The van der Waals surface area contributed by atoms with Crippen molar-refractivity contribution in [3.63, 3.8) is 0 Å². The first-order valence-corrected chi connectivity index (χ1v) is 6.47. The Morgan fingerprint density at radius 1 is 1.24 bits per heavy atom. The third-order valence-corrected chi connectivity index (χ3v) is 3.30. The van der Waals surface area contributed by atoms with Gasteiger partial charge < -0.3 is 14.8 Å². The second-order valence-corrected chi connectivity index (χ2v) is 4.76. The molecular formula is C16H14N2O3. The van der Waals surface area contributed by atoms with Crippen LogP contribution in [0.15, 0.2) is 47.5 Å². The summed E-state index contributed by atoms with van der Waals surface area (Å²) in [7, 11) is 1.64. The predicted octanol–water partition coefficient (Wildman–Crippen LogP) is 2.44. The SMILES string of the molecule is COCc1cccc(-c2cc(O)c3nc[nH]c(=O)c3c2)c1. The van der Waals surface area contributed by atoms with Crippen molar-refractivity contribution in [1.29, 1.82) is 0 Å². The maximum absolute atomic E-state index is 11.9. The Balaban J connectivity index is 2.19. The highest BCUT2D eigenvalue weighted by Crippen LogP contribution is 2.29. The van der Waals surface area contributed by atoms with E-state index >= 15 is 0 Å². The van der Waals surface area contributed by atoms with E-state index in [-0.39, 0.29) is 11.3 Å².